The Labute approximate surface area is 231 Å². The fourth-order valence-corrected chi connectivity index (χ4v) is 5.82. The molecule has 0 N–H and O–H groups in total. The highest BCUT2D eigenvalue weighted by atomic mass is 19.1. The molecule has 0 spiro atoms. The van der Waals surface area contributed by atoms with Gasteiger partial charge in [0.1, 0.15) is 23.8 Å². The Balaban J connectivity index is 1.66. The molecule has 0 bridgehead atoms. The van der Waals surface area contributed by atoms with E-state index in [1.165, 1.54) is 16.7 Å². The van der Waals surface area contributed by atoms with Crippen LogP contribution < -0.4 is 15.3 Å². The van der Waals surface area contributed by atoms with E-state index in [2.05, 4.69) is 16.5 Å². The van der Waals surface area contributed by atoms with Crippen LogP contribution in [-0.4, -0.2) is 51.0 Å². The smallest absolute Gasteiger partial charge is 0.354 e. The van der Waals surface area contributed by atoms with E-state index in [1.54, 1.807) is 17.2 Å². The van der Waals surface area contributed by atoms with Gasteiger partial charge in [0.05, 0.1) is 16.9 Å². The maximum atomic E-state index is 16.1. The number of amides is 1. The lowest BCUT2D eigenvalue weighted by molar-refractivity contribution is -0.126. The first-order valence-electron chi connectivity index (χ1n) is 13.4. The van der Waals surface area contributed by atoms with Crippen molar-refractivity contribution in [2.75, 3.05) is 24.5 Å². The summed E-state index contributed by atoms with van der Waals surface area (Å²) in [6, 6.07) is 12.4. The van der Waals surface area contributed by atoms with Gasteiger partial charge in [-0.05, 0) is 48.2 Å². The minimum atomic E-state index is -0.509. The number of piperazine rings is 1. The second-order valence-corrected chi connectivity index (χ2v) is 10.6. The second-order valence-electron chi connectivity index (χ2n) is 10.6. The first-order valence-corrected chi connectivity index (χ1v) is 13.4. The van der Waals surface area contributed by atoms with Gasteiger partial charge in [0.15, 0.2) is 5.75 Å². The number of hydrogen-bond donors (Lipinski definition) is 0. The third-order valence-electron chi connectivity index (χ3n) is 7.71. The molecule has 1 atom stereocenters. The predicted molar refractivity (Wildman–Crippen MR) is 153 cm³/mol. The van der Waals surface area contributed by atoms with Crippen molar-refractivity contribution in [2.45, 2.75) is 39.3 Å². The third kappa shape index (κ3) is 4.04. The Bertz CT molecular complexity index is 1730. The Morgan fingerprint density at radius 3 is 2.75 bits per heavy atom. The fourth-order valence-electron chi connectivity index (χ4n) is 5.82. The summed E-state index contributed by atoms with van der Waals surface area (Å²) in [6.45, 7) is 11.1. The van der Waals surface area contributed by atoms with E-state index in [0.29, 0.717) is 53.4 Å². The van der Waals surface area contributed by atoms with Crippen LogP contribution in [0, 0.1) is 5.82 Å². The molecule has 4 aromatic rings. The molecular formula is C31H30FN5O3. The van der Waals surface area contributed by atoms with Gasteiger partial charge >= 0.3 is 5.69 Å². The van der Waals surface area contributed by atoms with Gasteiger partial charge in [0, 0.05) is 37.3 Å². The number of carbonyl (C=O) groups excluding carboxylic acids is 1. The number of hydrogen-bond acceptors (Lipinski definition) is 6. The monoisotopic (exact) mass is 539 g/mol. The summed E-state index contributed by atoms with van der Waals surface area (Å²) in [6.07, 6.45) is 3.00. The first kappa shape index (κ1) is 25.7. The van der Waals surface area contributed by atoms with Crippen molar-refractivity contribution in [3.05, 3.63) is 88.9 Å². The lowest BCUT2D eigenvalue weighted by Crippen LogP contribution is -2.54. The molecule has 204 valence electrons. The summed E-state index contributed by atoms with van der Waals surface area (Å²) < 4.78 is 23.9. The Kier molecular flexibility index (Phi) is 6.37. The standard InChI is InChI=1S/C31H30FN5O3/c1-5-25(38)35-13-14-36(19(4)16-35)30-22-15-23(32)26-21-10-7-6-9-20(21)17-40-29(26)28(22)37(31(39)34-30)24-11-8-12-33-27(24)18(2)3/h5-12,15,18-19H,1,13-14,16-17H2,2-4H3/t19-/m0/s1. The van der Waals surface area contributed by atoms with Crippen LogP contribution in [-0.2, 0) is 11.4 Å². The number of anilines is 1. The molecule has 0 unspecified atom stereocenters. The van der Waals surface area contributed by atoms with E-state index >= 15 is 4.39 Å². The molecule has 9 heteroatoms. The Morgan fingerprint density at radius 2 is 2.00 bits per heavy atom. The summed E-state index contributed by atoms with van der Waals surface area (Å²) in [5, 5.41) is 0.462. The molecule has 0 radical (unpaired) electrons. The molecule has 1 fully saturated rings. The molecule has 0 saturated carbocycles. The van der Waals surface area contributed by atoms with Crippen LogP contribution in [0.3, 0.4) is 0 Å². The average Bonchev–Trinajstić information content (AvgIpc) is 2.96. The summed E-state index contributed by atoms with van der Waals surface area (Å²) in [7, 11) is 0. The molecule has 40 heavy (non-hydrogen) atoms. The highest BCUT2D eigenvalue weighted by molar-refractivity contribution is 6.00. The Hall–Kier alpha value is -4.53. The second kappa shape index (κ2) is 9.89. The zero-order valence-electron chi connectivity index (χ0n) is 22.7. The number of ether oxygens (including phenoxy) is 1. The van der Waals surface area contributed by atoms with Gasteiger partial charge in [0.25, 0.3) is 0 Å². The zero-order valence-corrected chi connectivity index (χ0v) is 22.7. The van der Waals surface area contributed by atoms with Crippen LogP contribution in [0.5, 0.6) is 5.75 Å². The summed E-state index contributed by atoms with van der Waals surface area (Å²) in [5.41, 5.74) is 3.18. The minimum absolute atomic E-state index is 0.0197. The lowest BCUT2D eigenvalue weighted by atomic mass is 9.94. The number of fused-ring (bicyclic) bond motifs is 5. The minimum Gasteiger partial charge on any atom is -0.486 e. The molecular weight excluding hydrogens is 509 g/mol. The average molecular weight is 540 g/mol. The van der Waals surface area contributed by atoms with Crippen molar-refractivity contribution in [3.8, 4) is 22.6 Å². The SMILES string of the molecule is C=CC(=O)N1CCN(c2nc(=O)n(-c3cccnc3C(C)C)c3c4c(c(F)cc23)-c2ccccc2CO4)[C@@H](C)C1. The third-order valence-corrected chi connectivity index (χ3v) is 7.71. The van der Waals surface area contributed by atoms with Gasteiger partial charge in [-0.1, -0.05) is 44.7 Å². The highest BCUT2D eigenvalue weighted by Crippen LogP contribution is 2.46. The van der Waals surface area contributed by atoms with Crippen LogP contribution in [0.25, 0.3) is 27.7 Å². The summed E-state index contributed by atoms with van der Waals surface area (Å²) >= 11 is 0. The normalized spacial score (nSPS) is 16.5. The summed E-state index contributed by atoms with van der Waals surface area (Å²) in [4.78, 5) is 39.0. The van der Waals surface area contributed by atoms with E-state index < -0.39 is 11.5 Å². The quantitative estimate of drug-likeness (QED) is 0.346. The van der Waals surface area contributed by atoms with Gasteiger partial charge in [-0.2, -0.15) is 4.98 Å². The van der Waals surface area contributed by atoms with Gasteiger partial charge in [-0.25, -0.2) is 9.18 Å². The maximum absolute atomic E-state index is 16.1. The molecule has 6 rings (SSSR count). The molecule has 8 nitrogen and oxygen atoms in total. The molecule has 2 aliphatic heterocycles. The molecule has 2 aromatic heterocycles. The van der Waals surface area contributed by atoms with Crippen LogP contribution in [0.2, 0.25) is 0 Å². The van der Waals surface area contributed by atoms with E-state index in [4.69, 9.17) is 4.74 Å². The van der Waals surface area contributed by atoms with Crippen LogP contribution in [0.1, 0.15) is 37.9 Å². The zero-order chi connectivity index (χ0) is 28.1. The first-order chi connectivity index (χ1) is 19.3. The molecule has 2 aliphatic rings. The number of rotatable bonds is 4. The van der Waals surface area contributed by atoms with Crippen molar-refractivity contribution >= 4 is 22.6 Å². The van der Waals surface area contributed by atoms with E-state index in [9.17, 15) is 9.59 Å². The topological polar surface area (TPSA) is 80.6 Å². The molecule has 1 saturated heterocycles. The van der Waals surface area contributed by atoms with Crippen molar-refractivity contribution in [1.82, 2.24) is 19.4 Å². The highest BCUT2D eigenvalue weighted by Gasteiger charge is 2.33. The van der Waals surface area contributed by atoms with Gasteiger partial charge in [-0.3, -0.25) is 14.3 Å². The molecule has 1 amide bonds. The number of carbonyl (C=O) groups is 1. The van der Waals surface area contributed by atoms with Crippen molar-refractivity contribution in [2.24, 2.45) is 0 Å². The van der Waals surface area contributed by atoms with Gasteiger partial charge < -0.3 is 14.5 Å². The lowest BCUT2D eigenvalue weighted by Gasteiger charge is -2.40. The fraction of sp³-hybridized carbons (Fsp3) is 0.290. The molecule has 4 heterocycles. The van der Waals surface area contributed by atoms with E-state index in [1.807, 2.05) is 56.0 Å². The number of aromatic nitrogens is 3. The van der Waals surface area contributed by atoms with Crippen LogP contribution in [0.15, 0.2) is 66.1 Å². The van der Waals surface area contributed by atoms with Crippen LogP contribution >= 0.6 is 0 Å². The molecule has 0 aliphatic carbocycles. The largest absolute Gasteiger partial charge is 0.486 e. The van der Waals surface area contributed by atoms with Crippen LogP contribution in [0.4, 0.5) is 10.2 Å². The van der Waals surface area contributed by atoms with Crippen molar-refractivity contribution < 1.29 is 13.9 Å². The van der Waals surface area contributed by atoms with Gasteiger partial charge in [-0.15, -0.1) is 0 Å². The Morgan fingerprint density at radius 1 is 1.20 bits per heavy atom. The van der Waals surface area contributed by atoms with Gasteiger partial charge in [0.2, 0.25) is 5.91 Å². The van der Waals surface area contributed by atoms with E-state index in [-0.39, 0.29) is 24.5 Å². The number of nitrogens with zero attached hydrogens (tertiary/aromatic N) is 5. The summed E-state index contributed by atoms with van der Waals surface area (Å²) in [5.74, 6) is 0.0944. The number of benzene rings is 2. The van der Waals surface area contributed by atoms with Crippen molar-refractivity contribution in [1.29, 1.82) is 0 Å². The maximum Gasteiger partial charge on any atom is 0.354 e. The van der Waals surface area contributed by atoms with E-state index in [0.717, 1.165) is 16.8 Å². The van der Waals surface area contributed by atoms with Crippen molar-refractivity contribution in [3.63, 3.8) is 0 Å². The number of halogens is 1. The number of pyridine rings is 1. The molecule has 2 aromatic carbocycles. The predicted octanol–water partition coefficient (Wildman–Crippen LogP) is 4.83.